The Bertz CT molecular complexity index is 761. The summed E-state index contributed by atoms with van der Waals surface area (Å²) in [6, 6.07) is 14.2. The average molecular weight is 325 g/mol. The molecule has 0 bridgehead atoms. The van der Waals surface area contributed by atoms with Crippen LogP contribution in [0, 0.1) is 10.1 Å². The van der Waals surface area contributed by atoms with Crippen molar-refractivity contribution in [1.82, 2.24) is 5.32 Å². The van der Waals surface area contributed by atoms with E-state index in [1.807, 2.05) is 6.07 Å². The number of para-hydroxylation sites is 1. The molecule has 3 rings (SSSR count). The van der Waals surface area contributed by atoms with Crippen LogP contribution in [0.4, 0.5) is 11.4 Å². The molecule has 0 saturated heterocycles. The number of rotatable bonds is 6. The largest absolute Gasteiger partial charge is 0.371 e. The molecule has 0 fully saturated rings. The average Bonchev–Trinajstić information content (AvgIpc) is 3.02. The lowest BCUT2D eigenvalue weighted by Crippen LogP contribution is -2.29. The lowest BCUT2D eigenvalue weighted by molar-refractivity contribution is -0.384. The smallest absolute Gasteiger partial charge is 0.270 e. The van der Waals surface area contributed by atoms with Gasteiger partial charge in [0.25, 0.3) is 11.6 Å². The van der Waals surface area contributed by atoms with E-state index >= 15 is 0 Å². The molecule has 0 aromatic heterocycles. The summed E-state index contributed by atoms with van der Waals surface area (Å²) in [5.74, 6) is -0.277. The van der Waals surface area contributed by atoms with Crippen molar-refractivity contribution in [2.45, 2.75) is 12.8 Å². The van der Waals surface area contributed by atoms with Crippen molar-refractivity contribution in [2.75, 3.05) is 24.5 Å². The van der Waals surface area contributed by atoms with Gasteiger partial charge in [-0.15, -0.1) is 0 Å². The van der Waals surface area contributed by atoms with Crippen LogP contribution in [-0.4, -0.2) is 30.5 Å². The van der Waals surface area contributed by atoms with Gasteiger partial charge in [0.05, 0.1) is 4.92 Å². The first-order valence-corrected chi connectivity index (χ1v) is 8.00. The highest BCUT2D eigenvalue weighted by atomic mass is 16.6. The minimum Gasteiger partial charge on any atom is -0.371 e. The van der Waals surface area contributed by atoms with Crippen molar-refractivity contribution < 1.29 is 9.72 Å². The molecule has 1 N–H and O–H groups in total. The standard InChI is InChI=1S/C18H19N3O3/c22-18(15-6-3-7-16(13-15)21(23)24)19-10-4-11-20-12-9-14-5-1-2-8-17(14)20/h1-3,5-8,13H,4,9-12H2,(H,19,22). The number of fused-ring (bicyclic) bond motifs is 1. The maximum absolute atomic E-state index is 12.1. The second-order valence-corrected chi connectivity index (χ2v) is 5.78. The molecule has 0 unspecified atom stereocenters. The number of nitro benzene ring substituents is 1. The van der Waals surface area contributed by atoms with Crippen molar-refractivity contribution in [1.29, 1.82) is 0 Å². The van der Waals surface area contributed by atoms with Gasteiger partial charge < -0.3 is 10.2 Å². The van der Waals surface area contributed by atoms with E-state index in [0.29, 0.717) is 12.1 Å². The number of nitrogens with zero attached hydrogens (tertiary/aromatic N) is 2. The first kappa shape index (κ1) is 16.0. The van der Waals surface area contributed by atoms with Crippen LogP contribution in [0.2, 0.25) is 0 Å². The van der Waals surface area contributed by atoms with Crippen LogP contribution in [0.3, 0.4) is 0 Å². The normalized spacial score (nSPS) is 12.8. The fourth-order valence-corrected chi connectivity index (χ4v) is 2.97. The highest BCUT2D eigenvalue weighted by Crippen LogP contribution is 2.27. The highest BCUT2D eigenvalue weighted by Gasteiger charge is 2.17. The molecule has 1 heterocycles. The Morgan fingerprint density at radius 3 is 2.88 bits per heavy atom. The zero-order valence-corrected chi connectivity index (χ0v) is 13.3. The third-order valence-corrected chi connectivity index (χ3v) is 4.19. The number of nitro groups is 1. The Morgan fingerprint density at radius 1 is 1.21 bits per heavy atom. The Hall–Kier alpha value is -2.89. The monoisotopic (exact) mass is 325 g/mol. The van der Waals surface area contributed by atoms with Gasteiger partial charge in [0.2, 0.25) is 0 Å². The predicted molar refractivity (Wildman–Crippen MR) is 92.4 cm³/mol. The van der Waals surface area contributed by atoms with E-state index in [4.69, 9.17) is 0 Å². The van der Waals surface area contributed by atoms with Gasteiger partial charge >= 0.3 is 0 Å². The predicted octanol–water partition coefficient (Wildman–Crippen LogP) is 2.78. The van der Waals surface area contributed by atoms with E-state index < -0.39 is 4.92 Å². The van der Waals surface area contributed by atoms with Gasteiger partial charge in [0, 0.05) is 43.0 Å². The Balaban J connectivity index is 1.48. The van der Waals surface area contributed by atoms with Crippen LogP contribution in [0.1, 0.15) is 22.3 Å². The Kier molecular flexibility index (Phi) is 4.74. The molecule has 2 aromatic carbocycles. The second-order valence-electron chi connectivity index (χ2n) is 5.78. The summed E-state index contributed by atoms with van der Waals surface area (Å²) >= 11 is 0. The van der Waals surface area contributed by atoms with Crippen molar-refractivity contribution >= 4 is 17.3 Å². The molecular formula is C18H19N3O3. The third kappa shape index (κ3) is 3.53. The number of hydrogen-bond donors (Lipinski definition) is 1. The van der Waals surface area contributed by atoms with E-state index in [0.717, 1.165) is 25.9 Å². The molecule has 6 nitrogen and oxygen atoms in total. The third-order valence-electron chi connectivity index (χ3n) is 4.19. The van der Waals surface area contributed by atoms with Crippen LogP contribution in [0.15, 0.2) is 48.5 Å². The van der Waals surface area contributed by atoms with Gasteiger partial charge in [-0.2, -0.15) is 0 Å². The van der Waals surface area contributed by atoms with Gasteiger partial charge in [-0.1, -0.05) is 24.3 Å². The van der Waals surface area contributed by atoms with Crippen molar-refractivity contribution in [3.8, 4) is 0 Å². The van der Waals surface area contributed by atoms with Crippen LogP contribution in [0.25, 0.3) is 0 Å². The summed E-state index contributed by atoms with van der Waals surface area (Å²) in [4.78, 5) is 24.6. The number of hydrogen-bond acceptors (Lipinski definition) is 4. The topological polar surface area (TPSA) is 75.5 Å². The minimum absolute atomic E-state index is 0.0728. The van der Waals surface area contributed by atoms with Crippen LogP contribution < -0.4 is 10.2 Å². The molecule has 0 atom stereocenters. The van der Waals surface area contributed by atoms with Gasteiger partial charge in [0.1, 0.15) is 0 Å². The maximum atomic E-state index is 12.1. The summed E-state index contributed by atoms with van der Waals surface area (Å²) in [5.41, 5.74) is 2.90. The molecule has 6 heteroatoms. The number of anilines is 1. The van der Waals surface area contributed by atoms with E-state index in [2.05, 4.69) is 28.4 Å². The van der Waals surface area contributed by atoms with Crippen molar-refractivity contribution in [3.05, 3.63) is 69.8 Å². The number of amides is 1. The summed E-state index contributed by atoms with van der Waals surface area (Å²) in [5, 5.41) is 13.6. The summed E-state index contributed by atoms with van der Waals surface area (Å²) in [6.45, 7) is 2.44. The molecule has 0 radical (unpaired) electrons. The zero-order valence-electron chi connectivity index (χ0n) is 13.3. The van der Waals surface area contributed by atoms with Crippen LogP contribution >= 0.6 is 0 Å². The lowest BCUT2D eigenvalue weighted by Gasteiger charge is -2.19. The van der Waals surface area contributed by atoms with Crippen LogP contribution in [-0.2, 0) is 6.42 Å². The molecule has 124 valence electrons. The molecule has 0 spiro atoms. The van der Waals surface area contributed by atoms with Crippen molar-refractivity contribution in [2.24, 2.45) is 0 Å². The SMILES string of the molecule is O=C(NCCCN1CCc2ccccc21)c1cccc([N+](=O)[O-])c1. The molecule has 0 aliphatic carbocycles. The van der Waals surface area contributed by atoms with E-state index in [1.54, 1.807) is 6.07 Å². The molecule has 2 aromatic rings. The number of benzene rings is 2. The molecular weight excluding hydrogens is 306 g/mol. The zero-order chi connectivity index (χ0) is 16.9. The minimum atomic E-state index is -0.498. The molecule has 1 aliphatic rings. The van der Waals surface area contributed by atoms with Crippen molar-refractivity contribution in [3.63, 3.8) is 0 Å². The number of carbonyl (C=O) groups excluding carboxylic acids is 1. The first-order chi connectivity index (χ1) is 11.6. The number of non-ortho nitro benzene ring substituents is 1. The summed E-state index contributed by atoms with van der Waals surface area (Å²) in [7, 11) is 0. The Morgan fingerprint density at radius 2 is 2.04 bits per heavy atom. The lowest BCUT2D eigenvalue weighted by atomic mass is 10.2. The maximum Gasteiger partial charge on any atom is 0.270 e. The molecule has 0 saturated carbocycles. The molecule has 1 amide bonds. The van der Waals surface area contributed by atoms with E-state index in [-0.39, 0.29) is 11.6 Å². The van der Waals surface area contributed by atoms with Gasteiger partial charge in [-0.05, 0) is 30.5 Å². The van der Waals surface area contributed by atoms with E-state index in [1.165, 1.54) is 29.4 Å². The van der Waals surface area contributed by atoms with Gasteiger partial charge in [-0.25, -0.2) is 0 Å². The number of carbonyl (C=O) groups is 1. The highest BCUT2D eigenvalue weighted by molar-refractivity contribution is 5.94. The van der Waals surface area contributed by atoms with Gasteiger partial charge in [-0.3, -0.25) is 14.9 Å². The van der Waals surface area contributed by atoms with E-state index in [9.17, 15) is 14.9 Å². The number of nitrogens with one attached hydrogen (secondary N) is 1. The molecule has 24 heavy (non-hydrogen) atoms. The summed E-state index contributed by atoms with van der Waals surface area (Å²) < 4.78 is 0. The second kappa shape index (κ2) is 7.12. The van der Waals surface area contributed by atoms with Crippen LogP contribution in [0.5, 0.6) is 0 Å². The molecule has 1 aliphatic heterocycles. The fourth-order valence-electron chi connectivity index (χ4n) is 2.97. The van der Waals surface area contributed by atoms with Gasteiger partial charge in [0.15, 0.2) is 0 Å². The first-order valence-electron chi connectivity index (χ1n) is 8.00. The summed E-state index contributed by atoms with van der Waals surface area (Å²) in [6.07, 6.45) is 1.89. The Labute approximate surface area is 140 Å². The fraction of sp³-hybridized carbons (Fsp3) is 0.278. The quantitative estimate of drug-likeness (QED) is 0.503.